The van der Waals surface area contributed by atoms with Crippen LogP contribution in [-0.2, 0) is 4.74 Å². The normalized spacial score (nSPS) is 22.9. The molecule has 1 aromatic rings. The van der Waals surface area contributed by atoms with Crippen LogP contribution < -0.4 is 5.32 Å². The Morgan fingerprint density at radius 2 is 2.67 bits per heavy atom. The lowest BCUT2D eigenvalue weighted by Gasteiger charge is -2.29. The van der Waals surface area contributed by atoms with Gasteiger partial charge in [0.2, 0.25) is 0 Å². The van der Waals surface area contributed by atoms with Gasteiger partial charge in [-0.3, -0.25) is 0 Å². The highest BCUT2D eigenvalue weighted by molar-refractivity contribution is 9.10. The van der Waals surface area contributed by atoms with Crippen molar-refractivity contribution in [2.24, 2.45) is 0 Å². The summed E-state index contributed by atoms with van der Waals surface area (Å²) in [4.78, 5) is 6.55. The van der Waals surface area contributed by atoms with E-state index in [9.17, 15) is 0 Å². The molecule has 1 saturated heterocycles. The Bertz CT molecular complexity index is 320. The van der Waals surface area contributed by atoms with Gasteiger partial charge in [-0.15, -0.1) is 11.3 Å². The predicted molar refractivity (Wildman–Crippen MR) is 65.5 cm³/mol. The van der Waals surface area contributed by atoms with Crippen LogP contribution in [0.4, 0.5) is 5.13 Å². The smallest absolute Gasteiger partial charge is 0.183 e. The maximum Gasteiger partial charge on any atom is 0.183 e. The summed E-state index contributed by atoms with van der Waals surface area (Å²) in [5, 5.41) is 6.19. The number of ether oxygens (including phenoxy) is 1. The van der Waals surface area contributed by atoms with Crippen LogP contribution in [0.15, 0.2) is 9.98 Å². The number of hydrogen-bond acceptors (Lipinski definition) is 5. The van der Waals surface area contributed by atoms with E-state index in [1.54, 1.807) is 11.3 Å². The second kappa shape index (κ2) is 5.25. The molecule has 1 aliphatic heterocycles. The Balaban J connectivity index is 1.77. The Kier molecular flexibility index (Phi) is 3.96. The molecule has 0 bridgehead atoms. The van der Waals surface area contributed by atoms with E-state index in [2.05, 4.69) is 38.2 Å². The van der Waals surface area contributed by atoms with Crippen molar-refractivity contribution in [2.45, 2.75) is 6.10 Å². The Labute approximate surface area is 102 Å². The molecule has 1 aliphatic rings. The summed E-state index contributed by atoms with van der Waals surface area (Å²) in [6.07, 6.45) is 0.270. The van der Waals surface area contributed by atoms with Gasteiger partial charge in [0.1, 0.15) is 4.60 Å². The minimum Gasteiger partial charge on any atom is -0.374 e. The van der Waals surface area contributed by atoms with Crippen molar-refractivity contribution in [1.29, 1.82) is 0 Å². The molecule has 0 aliphatic carbocycles. The molecule has 1 fully saturated rings. The van der Waals surface area contributed by atoms with Gasteiger partial charge >= 0.3 is 0 Å². The zero-order valence-electron chi connectivity index (χ0n) is 8.57. The van der Waals surface area contributed by atoms with Gasteiger partial charge in [0.05, 0.1) is 12.7 Å². The first-order valence-corrected chi connectivity index (χ1v) is 6.56. The van der Waals surface area contributed by atoms with Crippen molar-refractivity contribution in [2.75, 3.05) is 38.6 Å². The fraction of sp³-hybridized carbons (Fsp3) is 0.667. The summed E-state index contributed by atoms with van der Waals surface area (Å²) >= 11 is 4.93. The van der Waals surface area contributed by atoms with E-state index in [1.165, 1.54) is 0 Å². The topological polar surface area (TPSA) is 37.4 Å². The lowest BCUT2D eigenvalue weighted by atomic mass is 10.3. The first kappa shape index (κ1) is 11.3. The summed E-state index contributed by atoms with van der Waals surface area (Å²) < 4.78 is 6.52. The number of halogens is 1. The van der Waals surface area contributed by atoms with Gasteiger partial charge < -0.3 is 15.0 Å². The van der Waals surface area contributed by atoms with Crippen LogP contribution in [0.5, 0.6) is 0 Å². The fourth-order valence-electron chi connectivity index (χ4n) is 1.53. The highest BCUT2D eigenvalue weighted by Crippen LogP contribution is 2.19. The second-order valence-corrected chi connectivity index (χ2v) is 5.28. The molecule has 15 heavy (non-hydrogen) atoms. The van der Waals surface area contributed by atoms with Gasteiger partial charge in [-0.1, -0.05) is 0 Å². The number of morpholine rings is 1. The van der Waals surface area contributed by atoms with E-state index < -0.39 is 0 Å². The maximum absolute atomic E-state index is 5.64. The predicted octanol–water partition coefficient (Wildman–Crippen LogP) is 1.65. The molecule has 1 N–H and O–H groups in total. The summed E-state index contributed by atoms with van der Waals surface area (Å²) in [5.41, 5.74) is 0. The van der Waals surface area contributed by atoms with Crippen molar-refractivity contribution in [3.05, 3.63) is 9.98 Å². The first-order valence-electron chi connectivity index (χ1n) is 4.89. The zero-order chi connectivity index (χ0) is 10.7. The molecule has 2 heterocycles. The van der Waals surface area contributed by atoms with Crippen LogP contribution in [-0.4, -0.2) is 49.3 Å². The molecule has 1 atom stereocenters. The third-order valence-electron chi connectivity index (χ3n) is 2.30. The summed E-state index contributed by atoms with van der Waals surface area (Å²) in [7, 11) is 2.12. The van der Waals surface area contributed by atoms with Crippen LogP contribution in [0.3, 0.4) is 0 Å². The van der Waals surface area contributed by atoms with Gasteiger partial charge in [0, 0.05) is 25.0 Å². The van der Waals surface area contributed by atoms with Crippen molar-refractivity contribution < 1.29 is 4.74 Å². The first-order chi connectivity index (χ1) is 7.24. The number of likely N-dealkylation sites (N-methyl/N-ethyl adjacent to an activating group) is 1. The van der Waals surface area contributed by atoms with Crippen molar-refractivity contribution in [1.82, 2.24) is 9.88 Å². The monoisotopic (exact) mass is 291 g/mol. The van der Waals surface area contributed by atoms with Crippen LogP contribution in [0.1, 0.15) is 0 Å². The molecular weight excluding hydrogens is 278 g/mol. The molecular formula is C9H14BrN3OS. The summed E-state index contributed by atoms with van der Waals surface area (Å²) in [6, 6.07) is 0. The Morgan fingerprint density at radius 3 is 3.33 bits per heavy atom. The minimum atomic E-state index is 0.270. The molecule has 0 saturated carbocycles. The van der Waals surface area contributed by atoms with E-state index in [4.69, 9.17) is 4.74 Å². The second-order valence-electron chi connectivity index (χ2n) is 3.61. The third-order valence-corrected chi connectivity index (χ3v) is 3.81. The van der Waals surface area contributed by atoms with E-state index in [0.717, 1.165) is 36.0 Å². The van der Waals surface area contributed by atoms with Crippen LogP contribution in [0, 0.1) is 0 Å². The van der Waals surface area contributed by atoms with Gasteiger partial charge in [-0.2, -0.15) is 0 Å². The fourth-order valence-corrected chi connectivity index (χ4v) is 2.68. The highest BCUT2D eigenvalue weighted by atomic mass is 79.9. The summed E-state index contributed by atoms with van der Waals surface area (Å²) in [6.45, 7) is 3.66. The van der Waals surface area contributed by atoms with E-state index >= 15 is 0 Å². The SMILES string of the molecule is CN1CCOC(CNc2nc(Br)cs2)C1. The Morgan fingerprint density at radius 1 is 1.80 bits per heavy atom. The standard InChI is InChI=1S/C9H14BrN3OS/c1-13-2-3-14-7(5-13)4-11-9-12-8(10)6-15-9/h6-7H,2-5H2,1H3,(H,11,12). The lowest BCUT2D eigenvalue weighted by Crippen LogP contribution is -2.43. The number of nitrogens with one attached hydrogen (secondary N) is 1. The quantitative estimate of drug-likeness (QED) is 0.919. The average molecular weight is 292 g/mol. The highest BCUT2D eigenvalue weighted by Gasteiger charge is 2.17. The number of nitrogens with zero attached hydrogens (tertiary/aromatic N) is 2. The van der Waals surface area contributed by atoms with Gasteiger partial charge in [-0.05, 0) is 23.0 Å². The lowest BCUT2D eigenvalue weighted by molar-refractivity contribution is -0.0117. The third kappa shape index (κ3) is 3.41. The number of aromatic nitrogens is 1. The number of thiazole rings is 1. The van der Waals surface area contributed by atoms with Gasteiger partial charge in [0.25, 0.3) is 0 Å². The van der Waals surface area contributed by atoms with E-state index in [0.29, 0.717) is 0 Å². The molecule has 0 radical (unpaired) electrons. The molecule has 0 amide bonds. The van der Waals surface area contributed by atoms with Crippen molar-refractivity contribution in [3.8, 4) is 0 Å². The molecule has 0 spiro atoms. The van der Waals surface area contributed by atoms with Crippen LogP contribution >= 0.6 is 27.3 Å². The minimum absolute atomic E-state index is 0.270. The van der Waals surface area contributed by atoms with Gasteiger partial charge in [0.15, 0.2) is 5.13 Å². The molecule has 4 nitrogen and oxygen atoms in total. The molecule has 6 heteroatoms. The zero-order valence-corrected chi connectivity index (χ0v) is 11.0. The van der Waals surface area contributed by atoms with Crippen LogP contribution in [0.2, 0.25) is 0 Å². The van der Waals surface area contributed by atoms with Crippen molar-refractivity contribution in [3.63, 3.8) is 0 Å². The molecule has 1 aromatic heterocycles. The number of hydrogen-bond donors (Lipinski definition) is 1. The molecule has 1 unspecified atom stereocenters. The van der Waals surface area contributed by atoms with Gasteiger partial charge in [-0.25, -0.2) is 4.98 Å². The van der Waals surface area contributed by atoms with E-state index in [1.807, 2.05) is 5.38 Å². The number of anilines is 1. The number of rotatable bonds is 3. The average Bonchev–Trinajstić information content (AvgIpc) is 2.62. The van der Waals surface area contributed by atoms with Crippen molar-refractivity contribution >= 4 is 32.4 Å². The molecule has 2 rings (SSSR count). The largest absolute Gasteiger partial charge is 0.374 e. The van der Waals surface area contributed by atoms with Crippen LogP contribution in [0.25, 0.3) is 0 Å². The maximum atomic E-state index is 5.64. The summed E-state index contributed by atoms with van der Waals surface area (Å²) in [5.74, 6) is 0. The molecule has 0 aromatic carbocycles. The molecule has 84 valence electrons. The Hall–Kier alpha value is -0.170. The van der Waals surface area contributed by atoms with E-state index in [-0.39, 0.29) is 6.10 Å².